The minimum Gasteiger partial charge on any atom is -0.476 e. The van der Waals surface area contributed by atoms with E-state index in [-0.39, 0.29) is 12.2 Å². The van der Waals surface area contributed by atoms with Gasteiger partial charge >= 0.3 is 5.97 Å². The van der Waals surface area contributed by atoms with Crippen molar-refractivity contribution in [2.24, 2.45) is 5.73 Å². The van der Waals surface area contributed by atoms with Gasteiger partial charge in [0.1, 0.15) is 0 Å². The van der Waals surface area contributed by atoms with Crippen LogP contribution in [0.25, 0.3) is 0 Å². The molecule has 0 aliphatic heterocycles. The van der Waals surface area contributed by atoms with E-state index in [1.54, 1.807) is 11.3 Å². The Hall–Kier alpha value is -1.25. The Labute approximate surface area is 109 Å². The molecule has 0 spiro atoms. The number of carboxylic acid groups (broad SMARTS) is 1. The number of hydrogen-bond acceptors (Lipinski definition) is 5. The molecule has 0 aromatic carbocycles. The van der Waals surface area contributed by atoms with Gasteiger partial charge in [-0.3, -0.25) is 0 Å². The van der Waals surface area contributed by atoms with Crippen molar-refractivity contribution < 1.29 is 9.90 Å². The highest BCUT2D eigenvalue weighted by Crippen LogP contribution is 2.21. The number of carbonyl (C=O) groups is 1. The predicted octanol–water partition coefficient (Wildman–Crippen LogP) is 1.31. The van der Waals surface area contributed by atoms with E-state index in [0.29, 0.717) is 12.2 Å². The van der Waals surface area contributed by atoms with E-state index in [9.17, 15) is 4.79 Å². The Bertz CT molecular complexity index is 551. The summed E-state index contributed by atoms with van der Waals surface area (Å²) in [5.41, 5.74) is 6.90. The molecule has 6 nitrogen and oxygen atoms in total. The van der Waals surface area contributed by atoms with Gasteiger partial charge in [0.2, 0.25) is 0 Å². The number of nitrogens with two attached hydrogens (primary N) is 1. The van der Waals surface area contributed by atoms with Crippen LogP contribution in [0.5, 0.6) is 0 Å². The quantitative estimate of drug-likeness (QED) is 0.886. The molecule has 0 saturated heterocycles. The largest absolute Gasteiger partial charge is 0.476 e. The van der Waals surface area contributed by atoms with Crippen LogP contribution in [-0.2, 0) is 13.1 Å². The van der Waals surface area contributed by atoms with Crippen LogP contribution in [0.4, 0.5) is 0 Å². The fraction of sp³-hybridized carbons (Fsp3) is 0.222. The van der Waals surface area contributed by atoms with Gasteiger partial charge < -0.3 is 10.8 Å². The molecular formula is C9H9BrN4O2S. The van der Waals surface area contributed by atoms with Crippen LogP contribution in [0.15, 0.2) is 15.2 Å². The lowest BCUT2D eigenvalue weighted by Crippen LogP contribution is -2.12. The first kappa shape index (κ1) is 12.2. The molecule has 0 unspecified atom stereocenters. The zero-order valence-corrected chi connectivity index (χ0v) is 11.0. The molecule has 0 aliphatic rings. The van der Waals surface area contributed by atoms with E-state index in [1.807, 2.05) is 11.4 Å². The molecule has 90 valence electrons. The second-order valence-electron chi connectivity index (χ2n) is 3.31. The van der Waals surface area contributed by atoms with Crippen LogP contribution in [0.2, 0.25) is 0 Å². The second-order valence-corrected chi connectivity index (χ2v) is 5.60. The van der Waals surface area contributed by atoms with Crippen molar-refractivity contribution >= 4 is 33.2 Å². The van der Waals surface area contributed by atoms with E-state index in [0.717, 1.165) is 9.35 Å². The highest BCUT2D eigenvalue weighted by molar-refractivity contribution is 9.11. The molecule has 2 aromatic heterocycles. The molecule has 0 bridgehead atoms. The van der Waals surface area contributed by atoms with Crippen molar-refractivity contribution in [2.75, 3.05) is 0 Å². The smallest absolute Gasteiger partial charge is 0.358 e. The van der Waals surface area contributed by atoms with Gasteiger partial charge in [0.25, 0.3) is 0 Å². The lowest BCUT2D eigenvalue weighted by Gasteiger charge is -2.02. The maximum Gasteiger partial charge on any atom is 0.358 e. The van der Waals surface area contributed by atoms with Crippen molar-refractivity contribution in [1.82, 2.24) is 15.0 Å². The molecule has 2 rings (SSSR count). The first-order valence-electron chi connectivity index (χ1n) is 4.70. The summed E-state index contributed by atoms with van der Waals surface area (Å²) in [4.78, 5) is 10.9. The van der Waals surface area contributed by atoms with Crippen molar-refractivity contribution in [1.29, 1.82) is 0 Å². The van der Waals surface area contributed by atoms with Gasteiger partial charge in [0, 0.05) is 6.54 Å². The third-order valence-corrected chi connectivity index (χ3v) is 3.74. The minimum atomic E-state index is -1.11. The highest BCUT2D eigenvalue weighted by Gasteiger charge is 2.17. The fourth-order valence-electron chi connectivity index (χ4n) is 1.43. The third-order valence-electron chi connectivity index (χ3n) is 2.19. The number of carboxylic acids is 1. The molecule has 0 fully saturated rings. The van der Waals surface area contributed by atoms with E-state index >= 15 is 0 Å². The van der Waals surface area contributed by atoms with Gasteiger partial charge in [-0.15, -0.1) is 16.4 Å². The number of nitrogens with zero attached hydrogens (tertiary/aromatic N) is 3. The van der Waals surface area contributed by atoms with Crippen LogP contribution in [0, 0.1) is 0 Å². The summed E-state index contributed by atoms with van der Waals surface area (Å²) >= 11 is 4.92. The molecule has 0 radical (unpaired) electrons. The Morgan fingerprint density at radius 2 is 2.41 bits per heavy atom. The Balaban J connectivity index is 2.30. The molecule has 8 heteroatoms. The molecule has 0 atom stereocenters. The van der Waals surface area contributed by atoms with E-state index in [1.165, 1.54) is 4.68 Å². The SMILES string of the molecule is NCc1c(C(=O)O)nnn1Cc1csc(Br)c1. The maximum atomic E-state index is 10.9. The Kier molecular flexibility index (Phi) is 3.55. The average Bonchev–Trinajstić information content (AvgIpc) is 2.85. The molecule has 17 heavy (non-hydrogen) atoms. The maximum absolute atomic E-state index is 10.9. The standard InChI is InChI=1S/C9H9BrN4O2S/c10-7-1-5(4-17-7)3-14-6(2-11)8(9(15)16)12-13-14/h1,4H,2-3,11H2,(H,15,16). The van der Waals surface area contributed by atoms with E-state index in [4.69, 9.17) is 10.8 Å². The number of halogens is 1. The summed E-state index contributed by atoms with van der Waals surface area (Å²) in [5, 5.41) is 18.3. The van der Waals surface area contributed by atoms with Crippen molar-refractivity contribution in [3.8, 4) is 0 Å². The van der Waals surface area contributed by atoms with Crippen LogP contribution < -0.4 is 5.73 Å². The zero-order chi connectivity index (χ0) is 12.4. The third kappa shape index (κ3) is 2.54. The van der Waals surface area contributed by atoms with Gasteiger partial charge in [0.05, 0.1) is 16.0 Å². The first-order chi connectivity index (χ1) is 8.11. The molecule has 2 aromatic rings. The summed E-state index contributed by atoms with van der Waals surface area (Å²) in [6.07, 6.45) is 0. The summed E-state index contributed by atoms with van der Waals surface area (Å²) < 4.78 is 2.53. The average molecular weight is 317 g/mol. The molecule has 0 amide bonds. The fourth-order valence-corrected chi connectivity index (χ4v) is 2.63. The van der Waals surface area contributed by atoms with Gasteiger partial charge in [-0.05, 0) is 32.9 Å². The summed E-state index contributed by atoms with van der Waals surface area (Å²) in [6.45, 7) is 0.564. The van der Waals surface area contributed by atoms with E-state index < -0.39 is 5.97 Å². The van der Waals surface area contributed by atoms with Crippen LogP contribution >= 0.6 is 27.3 Å². The van der Waals surface area contributed by atoms with Crippen LogP contribution in [-0.4, -0.2) is 26.1 Å². The lowest BCUT2D eigenvalue weighted by atomic mass is 10.3. The molecule has 0 saturated carbocycles. The van der Waals surface area contributed by atoms with Crippen molar-refractivity contribution in [2.45, 2.75) is 13.1 Å². The number of aromatic nitrogens is 3. The van der Waals surface area contributed by atoms with E-state index in [2.05, 4.69) is 26.2 Å². The van der Waals surface area contributed by atoms with Crippen molar-refractivity contribution in [3.63, 3.8) is 0 Å². The van der Waals surface area contributed by atoms with Gasteiger partial charge in [0.15, 0.2) is 5.69 Å². The number of thiophene rings is 1. The highest BCUT2D eigenvalue weighted by atomic mass is 79.9. The molecule has 3 N–H and O–H groups in total. The number of hydrogen-bond donors (Lipinski definition) is 2. The summed E-state index contributed by atoms with van der Waals surface area (Å²) in [5.74, 6) is -1.11. The summed E-state index contributed by atoms with van der Waals surface area (Å²) in [6, 6.07) is 1.95. The minimum absolute atomic E-state index is 0.0817. The van der Waals surface area contributed by atoms with Crippen LogP contribution in [0.3, 0.4) is 0 Å². The number of aromatic carboxylic acids is 1. The summed E-state index contributed by atoms with van der Waals surface area (Å²) in [7, 11) is 0. The topological polar surface area (TPSA) is 94.0 Å². The Morgan fingerprint density at radius 1 is 1.65 bits per heavy atom. The van der Waals surface area contributed by atoms with Crippen molar-refractivity contribution in [3.05, 3.63) is 32.2 Å². The molecular weight excluding hydrogens is 308 g/mol. The molecule has 0 aliphatic carbocycles. The first-order valence-corrected chi connectivity index (χ1v) is 6.37. The van der Waals surface area contributed by atoms with Crippen LogP contribution in [0.1, 0.15) is 21.7 Å². The van der Waals surface area contributed by atoms with Gasteiger partial charge in [-0.1, -0.05) is 5.21 Å². The molecule has 2 heterocycles. The van der Waals surface area contributed by atoms with Gasteiger partial charge in [-0.25, -0.2) is 9.48 Å². The zero-order valence-electron chi connectivity index (χ0n) is 8.63. The monoisotopic (exact) mass is 316 g/mol. The van der Waals surface area contributed by atoms with Gasteiger partial charge in [-0.2, -0.15) is 0 Å². The lowest BCUT2D eigenvalue weighted by molar-refractivity contribution is 0.0689. The Morgan fingerprint density at radius 3 is 2.94 bits per heavy atom. The normalized spacial score (nSPS) is 10.7. The predicted molar refractivity (Wildman–Crippen MR) is 66.0 cm³/mol. The second kappa shape index (κ2) is 4.94. The number of rotatable bonds is 4.